The van der Waals surface area contributed by atoms with Crippen LogP contribution in [0.25, 0.3) is 0 Å². The minimum atomic E-state index is -0.113. The molecule has 142 valence electrons. The van der Waals surface area contributed by atoms with Gasteiger partial charge in [-0.3, -0.25) is 4.79 Å². The van der Waals surface area contributed by atoms with Gasteiger partial charge >= 0.3 is 0 Å². The highest BCUT2D eigenvalue weighted by Gasteiger charge is 2.23. The van der Waals surface area contributed by atoms with Crippen molar-refractivity contribution in [3.8, 4) is 0 Å². The highest BCUT2D eigenvalue weighted by molar-refractivity contribution is 6.33. The van der Waals surface area contributed by atoms with E-state index in [1.807, 2.05) is 36.4 Å². The maximum Gasteiger partial charge on any atom is 0.274 e. The van der Waals surface area contributed by atoms with E-state index in [4.69, 9.17) is 11.6 Å². The van der Waals surface area contributed by atoms with Gasteiger partial charge in [0.2, 0.25) is 0 Å². The van der Waals surface area contributed by atoms with Gasteiger partial charge in [0.15, 0.2) is 11.5 Å². The SMILES string of the molecule is O=C(c1ccc(Nc2ccccc2Cl)nn1)N1CCN(c2ccccn2)CC1. The van der Waals surface area contributed by atoms with Crippen LogP contribution in [0.4, 0.5) is 17.3 Å². The Morgan fingerprint density at radius 2 is 1.71 bits per heavy atom. The van der Waals surface area contributed by atoms with Gasteiger partial charge in [0, 0.05) is 32.4 Å². The van der Waals surface area contributed by atoms with Crippen LogP contribution >= 0.6 is 11.6 Å². The summed E-state index contributed by atoms with van der Waals surface area (Å²) in [6.07, 6.45) is 1.78. The number of piperazine rings is 1. The number of hydrogen-bond donors (Lipinski definition) is 1. The molecule has 1 amide bonds. The summed E-state index contributed by atoms with van der Waals surface area (Å²) < 4.78 is 0. The van der Waals surface area contributed by atoms with Crippen molar-refractivity contribution in [3.63, 3.8) is 0 Å². The first kappa shape index (κ1) is 18.2. The van der Waals surface area contributed by atoms with Gasteiger partial charge in [-0.2, -0.15) is 0 Å². The van der Waals surface area contributed by atoms with E-state index in [1.54, 1.807) is 29.3 Å². The van der Waals surface area contributed by atoms with E-state index in [9.17, 15) is 4.79 Å². The summed E-state index contributed by atoms with van der Waals surface area (Å²) >= 11 is 6.13. The van der Waals surface area contributed by atoms with Gasteiger partial charge in [0.1, 0.15) is 5.82 Å². The quantitative estimate of drug-likeness (QED) is 0.732. The number of anilines is 3. The van der Waals surface area contributed by atoms with Crippen molar-refractivity contribution >= 4 is 34.8 Å². The zero-order chi connectivity index (χ0) is 19.3. The lowest BCUT2D eigenvalue weighted by Crippen LogP contribution is -2.49. The fraction of sp³-hybridized carbons (Fsp3) is 0.200. The van der Waals surface area contributed by atoms with Crippen molar-refractivity contribution in [3.05, 3.63) is 71.5 Å². The molecule has 3 aromatic rings. The van der Waals surface area contributed by atoms with Crippen molar-refractivity contribution in [2.24, 2.45) is 0 Å². The van der Waals surface area contributed by atoms with Crippen molar-refractivity contribution in [1.82, 2.24) is 20.1 Å². The zero-order valence-corrected chi connectivity index (χ0v) is 15.9. The third kappa shape index (κ3) is 4.04. The molecule has 3 heterocycles. The summed E-state index contributed by atoms with van der Waals surface area (Å²) in [6.45, 7) is 2.72. The molecule has 7 nitrogen and oxygen atoms in total. The molecule has 0 saturated carbocycles. The second kappa shape index (κ2) is 8.22. The molecule has 0 bridgehead atoms. The smallest absolute Gasteiger partial charge is 0.274 e. The van der Waals surface area contributed by atoms with Gasteiger partial charge in [-0.15, -0.1) is 10.2 Å². The van der Waals surface area contributed by atoms with E-state index in [1.165, 1.54) is 0 Å². The Balaban J connectivity index is 1.37. The Labute approximate surface area is 168 Å². The number of benzene rings is 1. The molecule has 1 saturated heterocycles. The van der Waals surface area contributed by atoms with Crippen molar-refractivity contribution in [2.45, 2.75) is 0 Å². The molecule has 0 unspecified atom stereocenters. The number of pyridine rings is 1. The second-order valence-electron chi connectivity index (χ2n) is 6.38. The minimum Gasteiger partial charge on any atom is -0.353 e. The Morgan fingerprint density at radius 1 is 0.929 bits per heavy atom. The maximum absolute atomic E-state index is 12.7. The number of aromatic nitrogens is 3. The predicted molar refractivity (Wildman–Crippen MR) is 109 cm³/mol. The number of para-hydroxylation sites is 1. The number of rotatable bonds is 4. The number of hydrogen-bond acceptors (Lipinski definition) is 6. The second-order valence-corrected chi connectivity index (χ2v) is 6.78. The highest BCUT2D eigenvalue weighted by atomic mass is 35.5. The third-order valence-corrected chi connectivity index (χ3v) is 4.89. The number of carbonyl (C=O) groups excluding carboxylic acids is 1. The van der Waals surface area contributed by atoms with Crippen LogP contribution in [-0.4, -0.2) is 52.2 Å². The summed E-state index contributed by atoms with van der Waals surface area (Å²) in [6, 6.07) is 16.6. The standard InChI is InChI=1S/C20H19ClN6O/c21-15-5-1-2-6-16(15)23-18-9-8-17(24-25-18)20(28)27-13-11-26(12-14-27)19-7-3-4-10-22-19/h1-10H,11-14H2,(H,23,25). The summed E-state index contributed by atoms with van der Waals surface area (Å²) in [5.74, 6) is 1.35. The summed E-state index contributed by atoms with van der Waals surface area (Å²) in [4.78, 5) is 21.0. The molecule has 1 aliphatic rings. The van der Waals surface area contributed by atoms with E-state index in [0.717, 1.165) is 24.6 Å². The van der Waals surface area contributed by atoms with Gasteiger partial charge in [-0.25, -0.2) is 4.98 Å². The number of halogens is 1. The van der Waals surface area contributed by atoms with E-state index >= 15 is 0 Å². The first-order valence-corrected chi connectivity index (χ1v) is 9.39. The first-order chi connectivity index (χ1) is 13.7. The fourth-order valence-electron chi connectivity index (χ4n) is 3.05. The van der Waals surface area contributed by atoms with Crippen molar-refractivity contribution < 1.29 is 4.79 Å². The molecule has 0 radical (unpaired) electrons. The topological polar surface area (TPSA) is 74.2 Å². The molecule has 1 N–H and O–H groups in total. The van der Waals surface area contributed by atoms with Gasteiger partial charge in [0.25, 0.3) is 5.91 Å². The Morgan fingerprint density at radius 3 is 2.39 bits per heavy atom. The lowest BCUT2D eigenvalue weighted by molar-refractivity contribution is 0.0739. The maximum atomic E-state index is 12.7. The number of nitrogens with one attached hydrogen (secondary N) is 1. The molecule has 4 rings (SSSR count). The van der Waals surface area contributed by atoms with Crippen LogP contribution in [0.3, 0.4) is 0 Å². The largest absolute Gasteiger partial charge is 0.353 e. The van der Waals surface area contributed by atoms with Crippen LogP contribution < -0.4 is 10.2 Å². The molecule has 0 spiro atoms. The van der Waals surface area contributed by atoms with Crippen molar-refractivity contribution in [2.75, 3.05) is 36.4 Å². The monoisotopic (exact) mass is 394 g/mol. The van der Waals surface area contributed by atoms with Gasteiger partial charge in [0.05, 0.1) is 10.7 Å². The Kier molecular flexibility index (Phi) is 5.34. The van der Waals surface area contributed by atoms with Crippen LogP contribution in [0.1, 0.15) is 10.5 Å². The van der Waals surface area contributed by atoms with Gasteiger partial charge < -0.3 is 15.1 Å². The van der Waals surface area contributed by atoms with Crippen LogP contribution in [0.2, 0.25) is 5.02 Å². The van der Waals surface area contributed by atoms with Crippen molar-refractivity contribution in [1.29, 1.82) is 0 Å². The molecule has 28 heavy (non-hydrogen) atoms. The molecule has 0 atom stereocenters. The highest BCUT2D eigenvalue weighted by Crippen LogP contribution is 2.23. The average molecular weight is 395 g/mol. The molecule has 2 aromatic heterocycles. The Hall–Kier alpha value is -3.19. The molecular formula is C20H19ClN6O. The van der Waals surface area contributed by atoms with E-state index in [-0.39, 0.29) is 5.91 Å². The number of amides is 1. The van der Waals surface area contributed by atoms with E-state index in [0.29, 0.717) is 29.6 Å². The summed E-state index contributed by atoms with van der Waals surface area (Å²) in [5, 5.41) is 11.9. The molecule has 1 aliphatic heterocycles. The average Bonchev–Trinajstić information content (AvgIpc) is 2.76. The fourth-order valence-corrected chi connectivity index (χ4v) is 3.24. The molecule has 1 aromatic carbocycles. The summed E-state index contributed by atoms with van der Waals surface area (Å²) in [5.41, 5.74) is 1.07. The van der Waals surface area contributed by atoms with Crippen LogP contribution in [0.5, 0.6) is 0 Å². The van der Waals surface area contributed by atoms with Crippen LogP contribution in [-0.2, 0) is 0 Å². The first-order valence-electron chi connectivity index (χ1n) is 9.01. The molecular weight excluding hydrogens is 376 g/mol. The lowest BCUT2D eigenvalue weighted by atomic mass is 10.2. The molecule has 8 heteroatoms. The molecule has 1 fully saturated rings. The van der Waals surface area contributed by atoms with E-state index < -0.39 is 0 Å². The lowest BCUT2D eigenvalue weighted by Gasteiger charge is -2.35. The van der Waals surface area contributed by atoms with E-state index in [2.05, 4.69) is 25.4 Å². The summed E-state index contributed by atoms with van der Waals surface area (Å²) in [7, 11) is 0. The minimum absolute atomic E-state index is 0.113. The third-order valence-electron chi connectivity index (χ3n) is 4.56. The molecule has 0 aliphatic carbocycles. The number of carbonyl (C=O) groups is 1. The van der Waals surface area contributed by atoms with Gasteiger partial charge in [-0.1, -0.05) is 29.8 Å². The predicted octanol–water partition coefficient (Wildman–Crippen LogP) is 3.23. The number of nitrogens with zero attached hydrogens (tertiary/aromatic N) is 5. The Bertz CT molecular complexity index is 942. The van der Waals surface area contributed by atoms with Crippen LogP contribution in [0, 0.1) is 0 Å². The van der Waals surface area contributed by atoms with Gasteiger partial charge in [-0.05, 0) is 36.4 Å². The normalized spacial score (nSPS) is 14.0. The zero-order valence-electron chi connectivity index (χ0n) is 15.1. The van der Waals surface area contributed by atoms with Crippen LogP contribution in [0.15, 0.2) is 60.8 Å².